The van der Waals surface area contributed by atoms with Gasteiger partial charge in [-0.25, -0.2) is 8.42 Å². The standard InChI is InChI=1S/C11H15ClN2O2S3/c12-9-5-6-11(18-9)19(15,16)14(7-10(13)17)8-3-1-2-4-8/h5-6,8H,1-4,7H2,(H2,13,17). The molecular weight excluding hydrogens is 324 g/mol. The van der Waals surface area contributed by atoms with Crippen molar-refractivity contribution in [2.75, 3.05) is 6.54 Å². The normalized spacial score (nSPS) is 17.2. The van der Waals surface area contributed by atoms with Crippen LogP contribution in [0.4, 0.5) is 0 Å². The third-order valence-electron chi connectivity index (χ3n) is 3.16. The van der Waals surface area contributed by atoms with E-state index in [-0.39, 0.29) is 21.8 Å². The van der Waals surface area contributed by atoms with Crippen LogP contribution in [0.2, 0.25) is 4.34 Å². The molecule has 1 heterocycles. The van der Waals surface area contributed by atoms with Gasteiger partial charge in [0.05, 0.1) is 15.9 Å². The Labute approximate surface area is 127 Å². The summed E-state index contributed by atoms with van der Waals surface area (Å²) in [5, 5.41) is 0. The van der Waals surface area contributed by atoms with Crippen molar-refractivity contribution < 1.29 is 8.42 Å². The van der Waals surface area contributed by atoms with Gasteiger partial charge < -0.3 is 5.73 Å². The van der Waals surface area contributed by atoms with E-state index < -0.39 is 10.0 Å². The molecule has 0 radical (unpaired) electrons. The Morgan fingerprint density at radius 1 is 1.47 bits per heavy atom. The van der Waals surface area contributed by atoms with Gasteiger partial charge in [-0.2, -0.15) is 4.31 Å². The van der Waals surface area contributed by atoms with Crippen molar-refractivity contribution in [3.05, 3.63) is 16.5 Å². The quantitative estimate of drug-likeness (QED) is 0.838. The van der Waals surface area contributed by atoms with E-state index in [9.17, 15) is 8.42 Å². The molecule has 1 aliphatic carbocycles. The van der Waals surface area contributed by atoms with E-state index in [4.69, 9.17) is 29.6 Å². The van der Waals surface area contributed by atoms with Gasteiger partial charge in [-0.1, -0.05) is 36.7 Å². The lowest BCUT2D eigenvalue weighted by Gasteiger charge is -2.26. The van der Waals surface area contributed by atoms with Crippen molar-refractivity contribution >= 4 is 50.2 Å². The van der Waals surface area contributed by atoms with Gasteiger partial charge in [-0.15, -0.1) is 11.3 Å². The molecule has 1 aromatic heterocycles. The van der Waals surface area contributed by atoms with Crippen molar-refractivity contribution in [3.8, 4) is 0 Å². The van der Waals surface area contributed by atoms with Gasteiger partial charge >= 0.3 is 0 Å². The zero-order chi connectivity index (χ0) is 14.0. The molecule has 1 aliphatic rings. The average Bonchev–Trinajstić information content (AvgIpc) is 2.96. The smallest absolute Gasteiger partial charge is 0.253 e. The number of nitrogens with two attached hydrogens (primary N) is 1. The highest BCUT2D eigenvalue weighted by Crippen LogP contribution is 2.32. The zero-order valence-corrected chi connectivity index (χ0v) is 13.4. The molecule has 1 fully saturated rings. The molecule has 1 saturated carbocycles. The predicted molar refractivity (Wildman–Crippen MR) is 82.3 cm³/mol. The Balaban J connectivity index is 2.33. The Bertz CT molecular complexity index is 564. The van der Waals surface area contributed by atoms with Crippen molar-refractivity contribution in [1.82, 2.24) is 4.31 Å². The molecule has 0 saturated heterocycles. The molecule has 106 valence electrons. The fraction of sp³-hybridized carbons (Fsp3) is 0.545. The van der Waals surface area contributed by atoms with Crippen LogP contribution in [0.5, 0.6) is 0 Å². The Kier molecular flexibility index (Phi) is 4.84. The summed E-state index contributed by atoms with van der Waals surface area (Å²) in [6, 6.07) is 3.11. The minimum absolute atomic E-state index is 0.00706. The van der Waals surface area contributed by atoms with Crippen LogP contribution >= 0.6 is 35.2 Å². The SMILES string of the molecule is NC(=S)CN(C1CCCC1)S(=O)(=O)c1ccc(Cl)s1. The lowest BCUT2D eigenvalue weighted by Crippen LogP contribution is -2.43. The Morgan fingerprint density at radius 2 is 2.11 bits per heavy atom. The molecule has 0 aliphatic heterocycles. The second-order valence-corrected chi connectivity index (χ2v) is 8.87. The molecular formula is C11H15ClN2O2S3. The second-order valence-electron chi connectivity index (χ2n) is 4.51. The van der Waals surface area contributed by atoms with Crippen molar-refractivity contribution in [3.63, 3.8) is 0 Å². The summed E-state index contributed by atoms with van der Waals surface area (Å²) >= 11 is 11.8. The van der Waals surface area contributed by atoms with E-state index in [0.29, 0.717) is 4.34 Å². The summed E-state index contributed by atoms with van der Waals surface area (Å²) in [4.78, 5) is 0.193. The molecule has 0 unspecified atom stereocenters. The molecule has 2 N–H and O–H groups in total. The Morgan fingerprint density at radius 3 is 2.58 bits per heavy atom. The highest BCUT2D eigenvalue weighted by molar-refractivity contribution is 7.91. The van der Waals surface area contributed by atoms with E-state index in [0.717, 1.165) is 37.0 Å². The van der Waals surface area contributed by atoms with E-state index in [1.54, 1.807) is 6.07 Å². The van der Waals surface area contributed by atoms with E-state index in [1.165, 1.54) is 10.4 Å². The number of halogens is 1. The molecule has 2 rings (SSSR count). The van der Waals surface area contributed by atoms with Gasteiger partial charge in [0.25, 0.3) is 10.0 Å². The number of sulfonamides is 1. The van der Waals surface area contributed by atoms with Crippen LogP contribution in [0.3, 0.4) is 0 Å². The molecule has 0 bridgehead atoms. The molecule has 19 heavy (non-hydrogen) atoms. The predicted octanol–water partition coefficient (Wildman–Crippen LogP) is 2.62. The van der Waals surface area contributed by atoms with Gasteiger partial charge in [0, 0.05) is 6.04 Å². The van der Waals surface area contributed by atoms with E-state index in [2.05, 4.69) is 0 Å². The summed E-state index contributed by atoms with van der Waals surface area (Å²) < 4.78 is 27.4. The summed E-state index contributed by atoms with van der Waals surface area (Å²) in [6.45, 7) is 0.0951. The van der Waals surface area contributed by atoms with Crippen LogP contribution in [0.15, 0.2) is 16.3 Å². The van der Waals surface area contributed by atoms with Crippen LogP contribution in [0.25, 0.3) is 0 Å². The summed E-state index contributed by atoms with van der Waals surface area (Å²) in [5.41, 5.74) is 5.54. The fourth-order valence-corrected chi connectivity index (χ4v) is 5.80. The lowest BCUT2D eigenvalue weighted by atomic mass is 10.2. The first-order chi connectivity index (χ1) is 8.91. The molecule has 8 heteroatoms. The van der Waals surface area contributed by atoms with Crippen LogP contribution in [-0.4, -0.2) is 30.3 Å². The largest absolute Gasteiger partial charge is 0.392 e. The van der Waals surface area contributed by atoms with Gasteiger partial charge in [0.2, 0.25) is 0 Å². The number of thiocarbonyl (C=S) groups is 1. The molecule has 1 aromatic rings. The van der Waals surface area contributed by atoms with Crippen molar-refractivity contribution in [2.45, 2.75) is 35.9 Å². The first-order valence-corrected chi connectivity index (χ1v) is 9.01. The minimum Gasteiger partial charge on any atom is -0.392 e. The maximum absolute atomic E-state index is 12.6. The second kappa shape index (κ2) is 6.05. The maximum Gasteiger partial charge on any atom is 0.253 e. The van der Waals surface area contributed by atoms with Crippen LogP contribution in [0, 0.1) is 0 Å². The van der Waals surface area contributed by atoms with Crippen molar-refractivity contribution in [2.24, 2.45) is 5.73 Å². The van der Waals surface area contributed by atoms with Crippen molar-refractivity contribution in [1.29, 1.82) is 0 Å². The van der Waals surface area contributed by atoms with Gasteiger partial charge in [-0.3, -0.25) is 0 Å². The van der Waals surface area contributed by atoms with Gasteiger partial charge in [-0.05, 0) is 25.0 Å². The highest BCUT2D eigenvalue weighted by atomic mass is 35.5. The summed E-state index contributed by atoms with van der Waals surface area (Å²) in [6.07, 6.45) is 3.81. The Hall–Kier alpha value is -0.210. The zero-order valence-electron chi connectivity index (χ0n) is 10.2. The van der Waals surface area contributed by atoms with E-state index >= 15 is 0 Å². The first kappa shape index (κ1) is 15.2. The number of rotatable bonds is 5. The fourth-order valence-electron chi connectivity index (χ4n) is 2.31. The molecule has 0 atom stereocenters. The third-order valence-corrected chi connectivity index (χ3v) is 6.88. The van der Waals surface area contributed by atoms with Crippen LogP contribution in [-0.2, 0) is 10.0 Å². The third kappa shape index (κ3) is 3.46. The average molecular weight is 339 g/mol. The molecule has 4 nitrogen and oxygen atoms in total. The number of nitrogens with zero attached hydrogens (tertiary/aromatic N) is 1. The van der Waals surface area contributed by atoms with E-state index in [1.807, 2.05) is 0 Å². The molecule has 0 aromatic carbocycles. The monoisotopic (exact) mass is 338 g/mol. The van der Waals surface area contributed by atoms with Gasteiger partial charge in [0.1, 0.15) is 4.21 Å². The summed E-state index contributed by atoms with van der Waals surface area (Å²) in [5.74, 6) is 0. The lowest BCUT2D eigenvalue weighted by molar-refractivity contribution is 0.356. The summed E-state index contributed by atoms with van der Waals surface area (Å²) in [7, 11) is -3.56. The highest BCUT2D eigenvalue weighted by Gasteiger charge is 2.34. The van der Waals surface area contributed by atoms with Crippen LogP contribution < -0.4 is 5.73 Å². The first-order valence-electron chi connectivity index (χ1n) is 5.97. The number of hydrogen-bond acceptors (Lipinski definition) is 4. The minimum atomic E-state index is -3.56. The molecule has 0 amide bonds. The number of hydrogen-bond donors (Lipinski definition) is 1. The maximum atomic E-state index is 12.6. The molecule has 0 spiro atoms. The number of thiophene rings is 1. The van der Waals surface area contributed by atoms with Crippen LogP contribution in [0.1, 0.15) is 25.7 Å². The van der Waals surface area contributed by atoms with Gasteiger partial charge in [0.15, 0.2) is 0 Å². The topological polar surface area (TPSA) is 63.4 Å².